The number of hydrogen-bond acceptors (Lipinski definition) is 5. The van der Waals surface area contributed by atoms with E-state index in [4.69, 9.17) is 4.74 Å². The summed E-state index contributed by atoms with van der Waals surface area (Å²) in [6, 6.07) is 20.7. The number of aryl methyl sites for hydroxylation is 1. The number of benzene rings is 3. The first-order chi connectivity index (χ1) is 17.2. The van der Waals surface area contributed by atoms with Crippen LogP contribution in [0, 0.1) is 6.92 Å². The number of esters is 1. The summed E-state index contributed by atoms with van der Waals surface area (Å²) in [6.45, 7) is 2.06. The van der Waals surface area contributed by atoms with Crippen LogP contribution in [0.15, 0.2) is 71.8 Å². The van der Waals surface area contributed by atoms with Gasteiger partial charge < -0.3 is 9.47 Å². The second kappa shape index (κ2) is 10.4. The lowest BCUT2D eigenvalue weighted by Gasteiger charge is -2.23. The molecule has 1 aliphatic rings. The SMILES string of the molecule is COC(=O)CC1CC(C(F)(F)F)=NN1c1ccc(Cc2ccc(-c3cccc(OC)c3)cc2C)cc1. The number of ether oxygens (including phenoxy) is 2. The molecule has 0 aliphatic carbocycles. The van der Waals surface area contributed by atoms with E-state index in [2.05, 4.69) is 35.0 Å². The van der Waals surface area contributed by atoms with Crippen LogP contribution in [0.3, 0.4) is 0 Å². The number of carbonyl (C=O) groups excluding carboxylic acids is 1. The van der Waals surface area contributed by atoms with Gasteiger partial charge in [0.1, 0.15) is 11.5 Å². The van der Waals surface area contributed by atoms with Crippen molar-refractivity contribution < 1.29 is 27.4 Å². The Hall–Kier alpha value is -3.81. The molecule has 5 nitrogen and oxygen atoms in total. The van der Waals surface area contributed by atoms with E-state index in [-0.39, 0.29) is 12.8 Å². The predicted octanol–water partition coefficient (Wildman–Crippen LogP) is 6.32. The Morgan fingerprint density at radius 2 is 1.75 bits per heavy atom. The Morgan fingerprint density at radius 3 is 2.39 bits per heavy atom. The average Bonchev–Trinajstić information content (AvgIpc) is 3.30. The first-order valence-corrected chi connectivity index (χ1v) is 11.5. The molecule has 0 spiro atoms. The normalized spacial score (nSPS) is 15.6. The van der Waals surface area contributed by atoms with Gasteiger partial charge >= 0.3 is 12.1 Å². The van der Waals surface area contributed by atoms with Crippen molar-refractivity contribution in [3.05, 3.63) is 83.4 Å². The van der Waals surface area contributed by atoms with Crippen molar-refractivity contribution in [2.75, 3.05) is 19.2 Å². The van der Waals surface area contributed by atoms with Gasteiger partial charge in [-0.05, 0) is 65.4 Å². The van der Waals surface area contributed by atoms with E-state index >= 15 is 0 Å². The number of rotatable bonds is 7. The molecule has 0 N–H and O–H groups in total. The van der Waals surface area contributed by atoms with E-state index in [1.807, 2.05) is 36.4 Å². The zero-order valence-electron chi connectivity index (χ0n) is 20.3. The number of methoxy groups -OCH3 is 2. The summed E-state index contributed by atoms with van der Waals surface area (Å²) in [4.78, 5) is 11.7. The molecule has 0 saturated carbocycles. The number of carbonyl (C=O) groups is 1. The molecule has 0 amide bonds. The summed E-state index contributed by atoms with van der Waals surface area (Å²) < 4.78 is 49.8. The summed E-state index contributed by atoms with van der Waals surface area (Å²) in [7, 11) is 2.86. The molecule has 8 heteroatoms. The minimum absolute atomic E-state index is 0.180. The van der Waals surface area contributed by atoms with Gasteiger partial charge in [-0.25, -0.2) is 0 Å². The summed E-state index contributed by atoms with van der Waals surface area (Å²) >= 11 is 0. The Bertz CT molecular complexity index is 1270. The summed E-state index contributed by atoms with van der Waals surface area (Å²) in [5.74, 6) is 0.223. The fourth-order valence-corrected chi connectivity index (χ4v) is 4.30. The van der Waals surface area contributed by atoms with Gasteiger partial charge in [0.15, 0.2) is 0 Å². The monoisotopic (exact) mass is 496 g/mol. The fourth-order valence-electron chi connectivity index (χ4n) is 4.30. The Labute approximate surface area is 208 Å². The molecule has 1 unspecified atom stereocenters. The fraction of sp³-hybridized carbons (Fsp3) is 0.286. The Balaban J connectivity index is 1.51. The van der Waals surface area contributed by atoms with E-state index in [0.717, 1.165) is 33.6 Å². The van der Waals surface area contributed by atoms with Gasteiger partial charge in [0.25, 0.3) is 0 Å². The zero-order chi connectivity index (χ0) is 25.9. The maximum absolute atomic E-state index is 13.3. The third kappa shape index (κ3) is 5.70. The lowest BCUT2D eigenvalue weighted by Crippen LogP contribution is -2.30. The third-order valence-electron chi connectivity index (χ3n) is 6.30. The highest BCUT2D eigenvalue weighted by atomic mass is 19.4. The van der Waals surface area contributed by atoms with Crippen LogP contribution in [0.5, 0.6) is 5.75 Å². The van der Waals surface area contributed by atoms with Crippen LogP contribution in [0.1, 0.15) is 29.5 Å². The van der Waals surface area contributed by atoms with Crippen LogP contribution in [0.2, 0.25) is 0 Å². The maximum Gasteiger partial charge on any atom is 0.431 e. The Kier molecular flexibility index (Phi) is 7.33. The van der Waals surface area contributed by atoms with Crippen LogP contribution < -0.4 is 9.75 Å². The molecule has 1 atom stereocenters. The molecule has 36 heavy (non-hydrogen) atoms. The van der Waals surface area contributed by atoms with Crippen molar-refractivity contribution in [3.8, 4) is 16.9 Å². The smallest absolute Gasteiger partial charge is 0.431 e. The maximum atomic E-state index is 13.3. The van der Waals surface area contributed by atoms with E-state index < -0.39 is 23.9 Å². The number of anilines is 1. The van der Waals surface area contributed by atoms with Gasteiger partial charge in [0.2, 0.25) is 0 Å². The van der Waals surface area contributed by atoms with Crippen LogP contribution in [-0.4, -0.2) is 38.1 Å². The number of hydrazone groups is 1. The van der Waals surface area contributed by atoms with Crippen molar-refractivity contribution in [1.29, 1.82) is 0 Å². The van der Waals surface area contributed by atoms with E-state index in [1.54, 1.807) is 19.2 Å². The number of alkyl halides is 3. The summed E-state index contributed by atoms with van der Waals surface area (Å²) in [5, 5.41) is 5.06. The van der Waals surface area contributed by atoms with Crippen molar-refractivity contribution in [3.63, 3.8) is 0 Å². The highest BCUT2D eigenvalue weighted by Crippen LogP contribution is 2.33. The molecule has 0 radical (unpaired) electrons. The first-order valence-electron chi connectivity index (χ1n) is 11.5. The molecule has 0 aromatic heterocycles. The van der Waals surface area contributed by atoms with Crippen molar-refractivity contribution in [1.82, 2.24) is 0 Å². The molecule has 0 bridgehead atoms. The van der Waals surface area contributed by atoms with Crippen molar-refractivity contribution >= 4 is 17.4 Å². The summed E-state index contributed by atoms with van der Waals surface area (Å²) in [5.41, 5.74) is 5.06. The van der Waals surface area contributed by atoms with Gasteiger partial charge in [-0.3, -0.25) is 9.80 Å². The highest BCUT2D eigenvalue weighted by molar-refractivity contribution is 5.94. The standard InChI is InChI=1S/C28H27F3N2O3/c1-18-13-22(21-5-4-6-25(15-21)35-2)10-9-20(18)14-19-7-11-23(12-8-19)33-24(17-27(34)36-3)16-26(32-33)28(29,30)31/h4-13,15,24H,14,16-17H2,1-3H3. The largest absolute Gasteiger partial charge is 0.497 e. The predicted molar refractivity (Wildman–Crippen MR) is 133 cm³/mol. The van der Waals surface area contributed by atoms with Gasteiger partial charge in [0.05, 0.1) is 32.4 Å². The second-order valence-electron chi connectivity index (χ2n) is 8.74. The first kappa shape index (κ1) is 25.3. The van der Waals surface area contributed by atoms with Gasteiger partial charge in [0, 0.05) is 6.42 Å². The lowest BCUT2D eigenvalue weighted by molar-refractivity contribution is -0.141. The minimum Gasteiger partial charge on any atom is -0.497 e. The molecule has 4 rings (SSSR count). The number of halogens is 3. The van der Waals surface area contributed by atoms with Gasteiger partial charge in [-0.15, -0.1) is 0 Å². The molecule has 0 saturated heterocycles. The third-order valence-corrected chi connectivity index (χ3v) is 6.30. The number of nitrogens with zero attached hydrogens (tertiary/aromatic N) is 2. The van der Waals surface area contributed by atoms with E-state index in [1.165, 1.54) is 12.1 Å². The van der Waals surface area contributed by atoms with Gasteiger partial charge in [-0.2, -0.15) is 18.3 Å². The highest BCUT2D eigenvalue weighted by Gasteiger charge is 2.43. The molecule has 3 aromatic rings. The minimum atomic E-state index is -4.54. The van der Waals surface area contributed by atoms with Crippen molar-refractivity contribution in [2.45, 2.75) is 38.4 Å². The zero-order valence-corrected chi connectivity index (χ0v) is 20.3. The van der Waals surface area contributed by atoms with Crippen LogP contribution >= 0.6 is 0 Å². The summed E-state index contributed by atoms with van der Waals surface area (Å²) in [6.07, 6.45) is -4.41. The molecule has 3 aromatic carbocycles. The van der Waals surface area contributed by atoms with Gasteiger partial charge in [-0.1, -0.05) is 42.5 Å². The number of hydrogen-bond donors (Lipinski definition) is 0. The molecular formula is C28H27F3N2O3. The topological polar surface area (TPSA) is 51.1 Å². The molecule has 1 heterocycles. The van der Waals surface area contributed by atoms with E-state index in [9.17, 15) is 18.0 Å². The van der Waals surface area contributed by atoms with Crippen LogP contribution in [0.25, 0.3) is 11.1 Å². The molecular weight excluding hydrogens is 469 g/mol. The second-order valence-corrected chi connectivity index (χ2v) is 8.74. The molecule has 0 fully saturated rings. The Morgan fingerprint density at radius 1 is 1.03 bits per heavy atom. The van der Waals surface area contributed by atoms with E-state index in [0.29, 0.717) is 12.1 Å². The van der Waals surface area contributed by atoms with Crippen molar-refractivity contribution in [2.24, 2.45) is 5.10 Å². The van der Waals surface area contributed by atoms with Crippen LogP contribution in [0.4, 0.5) is 18.9 Å². The molecule has 188 valence electrons. The van der Waals surface area contributed by atoms with Crippen LogP contribution in [-0.2, 0) is 16.0 Å². The molecule has 1 aliphatic heterocycles. The lowest BCUT2D eigenvalue weighted by atomic mass is 9.96. The quantitative estimate of drug-likeness (QED) is 0.359. The average molecular weight is 497 g/mol.